The maximum Gasteiger partial charge on any atom is 0.415 e. The Bertz CT molecular complexity index is 818. The highest BCUT2D eigenvalue weighted by Gasteiger charge is 2.44. The van der Waals surface area contributed by atoms with Crippen molar-refractivity contribution < 1.29 is 9.53 Å². The summed E-state index contributed by atoms with van der Waals surface area (Å²) in [5, 5.41) is 0. The molecule has 0 N–H and O–H groups in total. The number of para-hydroxylation sites is 1. The number of anilines is 1. The minimum absolute atomic E-state index is 0.191. The van der Waals surface area contributed by atoms with Crippen LogP contribution in [-0.2, 0) is 4.74 Å². The highest BCUT2D eigenvalue weighted by atomic mass is 16.6. The van der Waals surface area contributed by atoms with Crippen molar-refractivity contribution in [1.29, 1.82) is 0 Å². The van der Waals surface area contributed by atoms with Crippen molar-refractivity contribution in [3.63, 3.8) is 0 Å². The fourth-order valence-corrected chi connectivity index (χ4v) is 3.20. The van der Waals surface area contributed by atoms with Crippen molar-refractivity contribution in [1.82, 2.24) is 0 Å². The molecule has 2 atom stereocenters. The van der Waals surface area contributed by atoms with Crippen LogP contribution in [0.2, 0.25) is 0 Å². The van der Waals surface area contributed by atoms with E-state index < -0.39 is 0 Å². The predicted molar refractivity (Wildman–Crippen MR) is 93.8 cm³/mol. The maximum atomic E-state index is 12.6. The topological polar surface area (TPSA) is 29.5 Å². The Morgan fingerprint density at radius 2 is 1.17 bits per heavy atom. The molecule has 0 aliphatic carbocycles. The van der Waals surface area contributed by atoms with Crippen LogP contribution in [0.25, 0.3) is 0 Å². The molecule has 1 amide bonds. The molecule has 1 saturated heterocycles. The molecule has 0 radical (unpaired) electrons. The van der Waals surface area contributed by atoms with Gasteiger partial charge in [-0.05, 0) is 23.3 Å². The molecule has 1 aliphatic rings. The molecule has 1 aliphatic heterocycles. The smallest absolute Gasteiger partial charge is 0.415 e. The molecule has 0 bridgehead atoms. The lowest BCUT2D eigenvalue weighted by Gasteiger charge is -2.25. The summed E-state index contributed by atoms with van der Waals surface area (Å²) >= 11 is 0. The number of cyclic esters (lactones) is 1. The van der Waals surface area contributed by atoms with Crippen LogP contribution in [0.4, 0.5) is 10.5 Å². The molecule has 1 fully saturated rings. The number of rotatable bonds is 3. The van der Waals surface area contributed by atoms with Crippen LogP contribution >= 0.6 is 0 Å². The molecule has 1 heterocycles. The summed E-state index contributed by atoms with van der Waals surface area (Å²) in [5.41, 5.74) is 2.90. The van der Waals surface area contributed by atoms with Crippen LogP contribution in [0.3, 0.4) is 0 Å². The van der Waals surface area contributed by atoms with E-state index in [2.05, 4.69) is 0 Å². The minimum atomic E-state index is -0.332. The summed E-state index contributed by atoms with van der Waals surface area (Å²) in [7, 11) is 0. The van der Waals surface area contributed by atoms with Gasteiger partial charge in [-0.15, -0.1) is 0 Å². The standard InChI is InChI=1S/C21H17NO2/c23-21-22(18-14-8-3-9-15-18)19(16-10-4-1-5-11-16)20(24-21)17-12-6-2-7-13-17/h1-15,19-20H. The lowest BCUT2D eigenvalue weighted by molar-refractivity contribution is 0.132. The zero-order valence-corrected chi connectivity index (χ0v) is 13.1. The van der Waals surface area contributed by atoms with E-state index in [0.29, 0.717) is 0 Å². The molecule has 24 heavy (non-hydrogen) atoms. The average Bonchev–Trinajstić information content (AvgIpc) is 3.01. The summed E-state index contributed by atoms with van der Waals surface area (Å²) in [6, 6.07) is 29.4. The number of hydrogen-bond acceptors (Lipinski definition) is 2. The highest BCUT2D eigenvalue weighted by Crippen LogP contribution is 2.45. The van der Waals surface area contributed by atoms with Gasteiger partial charge in [-0.3, -0.25) is 4.90 Å². The normalized spacial score (nSPS) is 20.0. The van der Waals surface area contributed by atoms with Crippen molar-refractivity contribution in [3.8, 4) is 0 Å². The Hall–Kier alpha value is -3.07. The molecule has 2 unspecified atom stereocenters. The van der Waals surface area contributed by atoms with Crippen molar-refractivity contribution in [3.05, 3.63) is 102 Å². The second kappa shape index (κ2) is 6.20. The monoisotopic (exact) mass is 315 g/mol. The van der Waals surface area contributed by atoms with E-state index in [1.807, 2.05) is 91.0 Å². The molecule has 118 valence electrons. The lowest BCUT2D eigenvalue weighted by atomic mass is 9.95. The molecular formula is C21H17NO2. The summed E-state index contributed by atoms with van der Waals surface area (Å²) in [6.07, 6.45) is -0.648. The predicted octanol–water partition coefficient (Wildman–Crippen LogP) is 5.13. The third kappa shape index (κ3) is 2.54. The zero-order chi connectivity index (χ0) is 16.4. The number of benzene rings is 3. The Morgan fingerprint density at radius 1 is 0.667 bits per heavy atom. The first-order chi connectivity index (χ1) is 11.8. The van der Waals surface area contributed by atoms with Gasteiger partial charge in [-0.1, -0.05) is 78.9 Å². The summed E-state index contributed by atoms with van der Waals surface area (Å²) < 4.78 is 5.77. The van der Waals surface area contributed by atoms with Gasteiger partial charge in [0.05, 0.1) is 0 Å². The van der Waals surface area contributed by atoms with E-state index in [-0.39, 0.29) is 18.2 Å². The number of hydrogen-bond donors (Lipinski definition) is 0. The van der Waals surface area contributed by atoms with Gasteiger partial charge in [0.2, 0.25) is 0 Å². The second-order valence-electron chi connectivity index (χ2n) is 5.78. The second-order valence-corrected chi connectivity index (χ2v) is 5.78. The van der Waals surface area contributed by atoms with E-state index in [1.54, 1.807) is 4.90 Å². The van der Waals surface area contributed by atoms with Crippen molar-refractivity contribution in [2.75, 3.05) is 4.90 Å². The number of carbonyl (C=O) groups is 1. The van der Waals surface area contributed by atoms with E-state index >= 15 is 0 Å². The van der Waals surface area contributed by atoms with Crippen LogP contribution in [0, 0.1) is 0 Å². The quantitative estimate of drug-likeness (QED) is 0.671. The van der Waals surface area contributed by atoms with E-state index in [4.69, 9.17) is 4.74 Å². The first-order valence-corrected chi connectivity index (χ1v) is 7.99. The number of amides is 1. The van der Waals surface area contributed by atoms with E-state index in [9.17, 15) is 4.79 Å². The molecule has 3 nitrogen and oxygen atoms in total. The van der Waals surface area contributed by atoms with Crippen LogP contribution in [0.15, 0.2) is 91.0 Å². The van der Waals surface area contributed by atoms with Crippen LogP contribution < -0.4 is 4.90 Å². The van der Waals surface area contributed by atoms with Gasteiger partial charge >= 0.3 is 6.09 Å². The molecule has 3 heteroatoms. The molecule has 3 aromatic carbocycles. The van der Waals surface area contributed by atoms with Crippen molar-refractivity contribution in [2.24, 2.45) is 0 Å². The molecule has 0 saturated carbocycles. The van der Waals surface area contributed by atoms with Gasteiger partial charge in [-0.2, -0.15) is 0 Å². The Labute approximate surface area is 141 Å². The Kier molecular flexibility index (Phi) is 3.75. The Morgan fingerprint density at radius 3 is 1.75 bits per heavy atom. The summed E-state index contributed by atoms with van der Waals surface area (Å²) in [4.78, 5) is 14.4. The van der Waals surface area contributed by atoms with Gasteiger partial charge in [0.25, 0.3) is 0 Å². The summed E-state index contributed by atoms with van der Waals surface area (Å²) in [5.74, 6) is 0. The minimum Gasteiger partial charge on any atom is -0.438 e. The summed E-state index contributed by atoms with van der Waals surface area (Å²) in [6.45, 7) is 0. The van der Waals surface area contributed by atoms with E-state index in [0.717, 1.165) is 16.8 Å². The molecule has 4 rings (SSSR count). The van der Waals surface area contributed by atoms with Gasteiger partial charge < -0.3 is 4.74 Å². The molecule has 0 aromatic heterocycles. The van der Waals surface area contributed by atoms with Crippen LogP contribution in [0.5, 0.6) is 0 Å². The third-order valence-corrected chi connectivity index (χ3v) is 4.29. The van der Waals surface area contributed by atoms with Crippen LogP contribution in [0.1, 0.15) is 23.3 Å². The highest BCUT2D eigenvalue weighted by molar-refractivity contribution is 5.91. The van der Waals surface area contributed by atoms with Gasteiger partial charge in [0.1, 0.15) is 6.04 Å². The van der Waals surface area contributed by atoms with Gasteiger partial charge in [0, 0.05) is 5.69 Å². The van der Waals surface area contributed by atoms with Crippen molar-refractivity contribution in [2.45, 2.75) is 12.1 Å². The number of carbonyl (C=O) groups excluding carboxylic acids is 1. The fourth-order valence-electron chi connectivity index (χ4n) is 3.20. The molecule has 3 aromatic rings. The fraction of sp³-hybridized carbons (Fsp3) is 0.0952. The number of ether oxygens (including phenoxy) is 1. The third-order valence-electron chi connectivity index (χ3n) is 4.29. The van der Waals surface area contributed by atoms with Crippen LogP contribution in [-0.4, -0.2) is 6.09 Å². The van der Waals surface area contributed by atoms with Gasteiger partial charge in [0.15, 0.2) is 6.10 Å². The lowest BCUT2D eigenvalue weighted by Crippen LogP contribution is -2.27. The first kappa shape index (κ1) is 14.5. The molecular weight excluding hydrogens is 298 g/mol. The zero-order valence-electron chi connectivity index (χ0n) is 13.1. The average molecular weight is 315 g/mol. The first-order valence-electron chi connectivity index (χ1n) is 7.99. The Balaban J connectivity index is 1.83. The van der Waals surface area contributed by atoms with E-state index in [1.165, 1.54) is 0 Å². The number of nitrogens with zero attached hydrogens (tertiary/aromatic N) is 1. The van der Waals surface area contributed by atoms with Gasteiger partial charge in [-0.25, -0.2) is 4.79 Å². The SMILES string of the molecule is O=C1OC(c2ccccc2)C(c2ccccc2)N1c1ccccc1. The largest absolute Gasteiger partial charge is 0.438 e. The maximum absolute atomic E-state index is 12.6. The van der Waals surface area contributed by atoms with Crippen molar-refractivity contribution >= 4 is 11.8 Å². The molecule has 0 spiro atoms.